The largest absolute Gasteiger partial charge is 0.484 e. The molecule has 1 aromatic rings. The van der Waals surface area contributed by atoms with Crippen LogP contribution in [0, 0.1) is 0 Å². The molecule has 1 amide bonds. The number of likely N-dealkylation sites (tertiary alicyclic amines) is 1. The van der Waals surface area contributed by atoms with Gasteiger partial charge in [-0.05, 0) is 50.1 Å². The number of benzene rings is 1. The lowest BCUT2D eigenvalue weighted by Gasteiger charge is -2.31. The summed E-state index contributed by atoms with van der Waals surface area (Å²) in [6, 6.07) is 4.30. The molecular weight excluding hydrogens is 373 g/mol. The molecule has 1 aliphatic heterocycles. The Morgan fingerprint density at radius 2 is 1.81 bits per heavy atom. The zero-order valence-corrected chi connectivity index (χ0v) is 15.2. The molecule has 0 saturated carbocycles. The molecule has 1 saturated heterocycles. The van der Waals surface area contributed by atoms with E-state index in [1.165, 1.54) is 12.1 Å². The SMILES string of the molecule is Cl.NCCCOC1CCN(C(=O)COc2ccc(C(F)(F)F)cc2)CC1. The second-order valence-electron chi connectivity index (χ2n) is 5.90. The summed E-state index contributed by atoms with van der Waals surface area (Å²) >= 11 is 0. The van der Waals surface area contributed by atoms with Gasteiger partial charge in [0.05, 0.1) is 11.7 Å². The summed E-state index contributed by atoms with van der Waals surface area (Å²) in [5.74, 6) is 0.0571. The molecule has 0 unspecified atom stereocenters. The van der Waals surface area contributed by atoms with E-state index >= 15 is 0 Å². The number of nitrogens with two attached hydrogens (primary N) is 1. The number of amides is 1. The maximum Gasteiger partial charge on any atom is 0.416 e. The number of ether oxygens (including phenoxy) is 2. The number of hydrogen-bond donors (Lipinski definition) is 1. The van der Waals surface area contributed by atoms with Crippen molar-refractivity contribution in [1.29, 1.82) is 0 Å². The Bertz CT molecular complexity index is 547. The molecule has 5 nitrogen and oxygen atoms in total. The van der Waals surface area contributed by atoms with E-state index in [9.17, 15) is 18.0 Å². The third-order valence-electron chi connectivity index (χ3n) is 4.04. The first-order valence-electron chi connectivity index (χ1n) is 8.29. The van der Waals surface area contributed by atoms with Crippen LogP contribution in [0.5, 0.6) is 5.75 Å². The Kier molecular flexibility index (Phi) is 9.18. The molecule has 26 heavy (non-hydrogen) atoms. The Morgan fingerprint density at radius 1 is 1.19 bits per heavy atom. The molecule has 2 rings (SSSR count). The molecule has 1 aromatic carbocycles. The first-order chi connectivity index (χ1) is 11.9. The van der Waals surface area contributed by atoms with Crippen LogP contribution in [0.3, 0.4) is 0 Å². The van der Waals surface area contributed by atoms with Crippen molar-refractivity contribution in [1.82, 2.24) is 4.90 Å². The topological polar surface area (TPSA) is 64.8 Å². The monoisotopic (exact) mass is 396 g/mol. The van der Waals surface area contributed by atoms with Gasteiger partial charge in [0.15, 0.2) is 6.61 Å². The summed E-state index contributed by atoms with van der Waals surface area (Å²) in [6.07, 6.45) is -1.90. The molecule has 0 spiro atoms. The van der Waals surface area contributed by atoms with E-state index < -0.39 is 11.7 Å². The van der Waals surface area contributed by atoms with Crippen molar-refractivity contribution in [2.75, 3.05) is 32.8 Å². The Hall–Kier alpha value is -1.51. The van der Waals surface area contributed by atoms with Gasteiger partial charge in [0.1, 0.15) is 5.75 Å². The number of piperidine rings is 1. The molecule has 1 heterocycles. The fourth-order valence-electron chi connectivity index (χ4n) is 2.58. The Morgan fingerprint density at radius 3 is 2.35 bits per heavy atom. The van der Waals surface area contributed by atoms with E-state index in [0.717, 1.165) is 31.4 Å². The highest BCUT2D eigenvalue weighted by Gasteiger charge is 2.30. The quantitative estimate of drug-likeness (QED) is 0.720. The summed E-state index contributed by atoms with van der Waals surface area (Å²) in [5, 5.41) is 0. The second-order valence-corrected chi connectivity index (χ2v) is 5.90. The zero-order valence-electron chi connectivity index (χ0n) is 14.3. The van der Waals surface area contributed by atoms with Crippen LogP contribution >= 0.6 is 12.4 Å². The van der Waals surface area contributed by atoms with Gasteiger partial charge in [0.2, 0.25) is 0 Å². The van der Waals surface area contributed by atoms with Gasteiger partial charge in [-0.2, -0.15) is 13.2 Å². The normalized spacial score (nSPS) is 15.5. The van der Waals surface area contributed by atoms with Crippen molar-refractivity contribution in [3.8, 4) is 5.75 Å². The Balaban J connectivity index is 0.00000338. The van der Waals surface area contributed by atoms with Crippen LogP contribution in [-0.4, -0.2) is 49.8 Å². The standard InChI is InChI=1S/C17H23F3N2O3.ClH/c18-17(19,20)13-2-4-14(5-3-13)25-12-16(23)22-9-6-15(7-10-22)24-11-1-8-21;/h2-5,15H,1,6-12,21H2;1H. The zero-order chi connectivity index (χ0) is 18.3. The van der Waals surface area contributed by atoms with Crippen LogP contribution in [-0.2, 0) is 15.7 Å². The van der Waals surface area contributed by atoms with Crippen molar-refractivity contribution < 1.29 is 27.4 Å². The number of hydrogen-bond acceptors (Lipinski definition) is 4. The van der Waals surface area contributed by atoms with Crippen molar-refractivity contribution in [2.24, 2.45) is 5.73 Å². The lowest BCUT2D eigenvalue weighted by molar-refractivity contribution is -0.138. The summed E-state index contributed by atoms with van der Waals surface area (Å²) in [6.45, 7) is 2.21. The highest BCUT2D eigenvalue weighted by atomic mass is 35.5. The van der Waals surface area contributed by atoms with Gasteiger partial charge in [0, 0.05) is 19.7 Å². The van der Waals surface area contributed by atoms with Gasteiger partial charge >= 0.3 is 6.18 Å². The number of alkyl halides is 3. The summed E-state index contributed by atoms with van der Waals surface area (Å²) in [5.41, 5.74) is 4.67. The van der Waals surface area contributed by atoms with E-state index in [4.69, 9.17) is 15.2 Å². The lowest BCUT2D eigenvalue weighted by atomic mass is 10.1. The van der Waals surface area contributed by atoms with E-state index in [1.807, 2.05) is 0 Å². The van der Waals surface area contributed by atoms with Gasteiger partial charge in [0.25, 0.3) is 5.91 Å². The van der Waals surface area contributed by atoms with Crippen molar-refractivity contribution in [3.05, 3.63) is 29.8 Å². The smallest absolute Gasteiger partial charge is 0.416 e. The van der Waals surface area contributed by atoms with Gasteiger partial charge in [-0.25, -0.2) is 0 Å². The molecule has 0 aliphatic carbocycles. The van der Waals surface area contributed by atoms with Gasteiger partial charge in [-0.1, -0.05) is 0 Å². The first-order valence-corrected chi connectivity index (χ1v) is 8.29. The second kappa shape index (κ2) is 10.6. The fourth-order valence-corrected chi connectivity index (χ4v) is 2.58. The maximum atomic E-state index is 12.5. The first kappa shape index (κ1) is 22.5. The van der Waals surface area contributed by atoms with Crippen LogP contribution < -0.4 is 10.5 Å². The van der Waals surface area contributed by atoms with Gasteiger partial charge in [-0.15, -0.1) is 12.4 Å². The minimum atomic E-state index is -4.38. The minimum absolute atomic E-state index is 0. The number of rotatable bonds is 7. The summed E-state index contributed by atoms with van der Waals surface area (Å²) in [7, 11) is 0. The summed E-state index contributed by atoms with van der Waals surface area (Å²) < 4.78 is 48.4. The van der Waals surface area contributed by atoms with Gasteiger partial charge < -0.3 is 20.1 Å². The molecule has 2 N–H and O–H groups in total. The number of carbonyl (C=O) groups is 1. The predicted octanol–water partition coefficient (Wildman–Crippen LogP) is 2.86. The lowest BCUT2D eigenvalue weighted by Crippen LogP contribution is -2.43. The third kappa shape index (κ3) is 7.01. The molecule has 1 fully saturated rings. The van der Waals surface area contributed by atoms with E-state index in [0.29, 0.717) is 26.2 Å². The van der Waals surface area contributed by atoms with Crippen LogP contribution in [0.2, 0.25) is 0 Å². The fraction of sp³-hybridized carbons (Fsp3) is 0.588. The molecule has 148 valence electrons. The highest BCUT2D eigenvalue weighted by molar-refractivity contribution is 5.85. The molecule has 0 bridgehead atoms. The van der Waals surface area contributed by atoms with Crippen LogP contribution in [0.1, 0.15) is 24.8 Å². The Labute approximate surface area is 157 Å². The molecule has 0 radical (unpaired) electrons. The van der Waals surface area contributed by atoms with Crippen LogP contribution in [0.25, 0.3) is 0 Å². The molecule has 9 heteroatoms. The average Bonchev–Trinajstić information content (AvgIpc) is 2.60. The van der Waals surface area contributed by atoms with Crippen molar-refractivity contribution in [2.45, 2.75) is 31.5 Å². The van der Waals surface area contributed by atoms with Gasteiger partial charge in [-0.3, -0.25) is 4.79 Å². The predicted molar refractivity (Wildman–Crippen MR) is 93.4 cm³/mol. The number of carbonyl (C=O) groups excluding carboxylic acids is 1. The van der Waals surface area contributed by atoms with E-state index in [1.54, 1.807) is 4.90 Å². The van der Waals surface area contributed by atoms with Crippen LogP contribution in [0.15, 0.2) is 24.3 Å². The molecule has 1 aliphatic rings. The maximum absolute atomic E-state index is 12.5. The summed E-state index contributed by atoms with van der Waals surface area (Å²) in [4.78, 5) is 13.8. The molecular formula is C17H24ClF3N2O3. The van der Waals surface area contributed by atoms with Crippen LogP contribution in [0.4, 0.5) is 13.2 Å². The minimum Gasteiger partial charge on any atom is -0.484 e. The molecule has 0 atom stereocenters. The van der Waals surface area contributed by atoms with Crippen molar-refractivity contribution in [3.63, 3.8) is 0 Å². The average molecular weight is 397 g/mol. The van der Waals surface area contributed by atoms with E-state index in [2.05, 4.69) is 0 Å². The molecule has 0 aromatic heterocycles. The van der Waals surface area contributed by atoms with E-state index in [-0.39, 0.29) is 36.8 Å². The third-order valence-corrected chi connectivity index (χ3v) is 4.04. The number of nitrogens with zero attached hydrogens (tertiary/aromatic N) is 1. The number of halogens is 4. The highest BCUT2D eigenvalue weighted by Crippen LogP contribution is 2.30. The van der Waals surface area contributed by atoms with Crippen molar-refractivity contribution >= 4 is 18.3 Å².